The molecule has 0 saturated carbocycles. The van der Waals surface area contributed by atoms with Crippen LogP contribution in [0.4, 0.5) is 4.39 Å². The summed E-state index contributed by atoms with van der Waals surface area (Å²) in [7, 11) is 5.39. The third kappa shape index (κ3) is 5.90. The normalized spacial score (nSPS) is 19.2. The van der Waals surface area contributed by atoms with Crippen molar-refractivity contribution in [2.24, 2.45) is 5.92 Å². The maximum absolute atomic E-state index is 13.5. The Kier molecular flexibility index (Phi) is 8.22. The molecule has 2 amide bonds. The first kappa shape index (κ1) is 25.6. The topological polar surface area (TPSA) is 86.2 Å². The van der Waals surface area contributed by atoms with Gasteiger partial charge in [-0.2, -0.15) is 0 Å². The molecule has 0 unspecified atom stereocenters. The molecule has 2 aromatic rings. The fraction of sp³-hybridized carbons (Fsp3) is 0.480. The summed E-state index contributed by atoms with van der Waals surface area (Å²) in [5.41, 5.74) is 1.63. The van der Waals surface area contributed by atoms with Crippen molar-refractivity contribution in [1.82, 2.24) is 19.7 Å². The number of ether oxygens (including phenoxy) is 1. The summed E-state index contributed by atoms with van der Waals surface area (Å²) in [5, 5.41) is 9.79. The Morgan fingerprint density at radius 2 is 1.94 bits per heavy atom. The van der Waals surface area contributed by atoms with E-state index in [1.807, 2.05) is 21.0 Å². The predicted octanol–water partition coefficient (Wildman–Crippen LogP) is 2.13. The van der Waals surface area contributed by atoms with Gasteiger partial charge in [-0.25, -0.2) is 9.37 Å². The van der Waals surface area contributed by atoms with E-state index in [9.17, 15) is 19.1 Å². The molecule has 1 N–H and O–H groups in total. The molecule has 1 aromatic carbocycles. The van der Waals surface area contributed by atoms with Gasteiger partial charge in [0.05, 0.1) is 25.7 Å². The predicted molar refractivity (Wildman–Crippen MR) is 127 cm³/mol. The highest BCUT2D eigenvalue weighted by Crippen LogP contribution is 2.30. The van der Waals surface area contributed by atoms with E-state index in [2.05, 4.69) is 4.98 Å². The molecule has 0 fully saturated rings. The van der Waals surface area contributed by atoms with E-state index in [1.54, 1.807) is 53.1 Å². The first-order valence-corrected chi connectivity index (χ1v) is 11.3. The molecule has 0 aliphatic carbocycles. The number of hydrogen-bond donors (Lipinski definition) is 1. The van der Waals surface area contributed by atoms with E-state index < -0.39 is 12.1 Å². The quantitative estimate of drug-likeness (QED) is 0.665. The van der Waals surface area contributed by atoms with Gasteiger partial charge in [-0.05, 0) is 44.8 Å². The molecule has 3 atom stereocenters. The maximum atomic E-state index is 13.5. The number of amides is 2. The number of pyridine rings is 1. The Hall–Kier alpha value is -3.04. The number of likely N-dealkylation sites (N-methyl/N-ethyl adjacent to an activating group) is 2. The number of benzene rings is 1. The van der Waals surface area contributed by atoms with E-state index >= 15 is 0 Å². The van der Waals surface area contributed by atoms with Gasteiger partial charge in [0.2, 0.25) is 11.8 Å². The fourth-order valence-corrected chi connectivity index (χ4v) is 3.88. The summed E-state index contributed by atoms with van der Waals surface area (Å²) in [4.78, 5) is 35.5. The maximum Gasteiger partial charge on any atom is 0.259 e. The molecule has 2 heterocycles. The minimum atomic E-state index is -0.416. The Morgan fingerprint density at radius 3 is 2.56 bits per heavy atom. The highest BCUT2D eigenvalue weighted by atomic mass is 19.1. The van der Waals surface area contributed by atoms with Crippen LogP contribution in [-0.2, 0) is 4.79 Å². The van der Waals surface area contributed by atoms with E-state index in [4.69, 9.17) is 4.74 Å². The molecular formula is C25H33FN4O4. The van der Waals surface area contributed by atoms with Crippen LogP contribution in [0.15, 0.2) is 36.5 Å². The molecule has 9 heteroatoms. The lowest BCUT2D eigenvalue weighted by Crippen LogP contribution is -2.51. The van der Waals surface area contributed by atoms with Crippen LogP contribution in [0.25, 0.3) is 11.1 Å². The lowest BCUT2D eigenvalue weighted by atomic mass is 9.99. The van der Waals surface area contributed by atoms with Gasteiger partial charge in [0.1, 0.15) is 17.5 Å². The standard InChI is InChI=1S/C25H33FN4O4/c1-16-12-30(17(2)15-31)25(33)21-10-19(18-6-8-20(26)9-7-18)11-27-24(21)34-22(16)13-29(5)23(32)14-28(3)4/h6-11,16-17,22,31H,12-15H2,1-5H3/t16-,17+,22-/m1/s1. The van der Waals surface area contributed by atoms with Crippen molar-refractivity contribution >= 4 is 11.8 Å². The Balaban J connectivity index is 1.98. The molecular weight excluding hydrogens is 439 g/mol. The zero-order valence-electron chi connectivity index (χ0n) is 20.4. The van der Waals surface area contributed by atoms with E-state index in [1.165, 1.54) is 12.1 Å². The van der Waals surface area contributed by atoms with Gasteiger partial charge in [-0.15, -0.1) is 0 Å². The van der Waals surface area contributed by atoms with Crippen molar-refractivity contribution in [1.29, 1.82) is 0 Å². The number of carbonyl (C=O) groups excluding carboxylic acids is 2. The molecule has 0 bridgehead atoms. The van der Waals surface area contributed by atoms with Crippen LogP contribution < -0.4 is 4.74 Å². The summed E-state index contributed by atoms with van der Waals surface area (Å²) in [6.45, 7) is 4.50. The van der Waals surface area contributed by atoms with Crippen LogP contribution in [0.2, 0.25) is 0 Å². The summed E-state index contributed by atoms with van der Waals surface area (Å²) >= 11 is 0. The second kappa shape index (κ2) is 10.9. The van der Waals surface area contributed by atoms with Gasteiger partial charge in [-0.3, -0.25) is 9.59 Å². The van der Waals surface area contributed by atoms with Crippen molar-refractivity contribution in [2.75, 3.05) is 47.4 Å². The van der Waals surface area contributed by atoms with Crippen molar-refractivity contribution in [2.45, 2.75) is 26.0 Å². The highest BCUT2D eigenvalue weighted by molar-refractivity contribution is 5.98. The third-order valence-corrected chi connectivity index (χ3v) is 6.03. The van der Waals surface area contributed by atoms with Crippen molar-refractivity contribution in [3.05, 3.63) is 47.9 Å². The molecule has 8 nitrogen and oxygen atoms in total. The Bertz CT molecular complexity index is 1010. The SMILES string of the molecule is C[C@@H]1CN([C@@H](C)CO)C(=O)c2cc(-c3ccc(F)cc3)cnc2O[C@@H]1CN(C)C(=O)CN(C)C. The second-order valence-corrected chi connectivity index (χ2v) is 9.22. The van der Waals surface area contributed by atoms with Crippen LogP contribution in [0.1, 0.15) is 24.2 Å². The van der Waals surface area contributed by atoms with Gasteiger partial charge in [-0.1, -0.05) is 19.1 Å². The first-order valence-electron chi connectivity index (χ1n) is 11.3. The zero-order chi connectivity index (χ0) is 25.0. The summed E-state index contributed by atoms with van der Waals surface area (Å²) in [6.07, 6.45) is 1.17. The summed E-state index contributed by atoms with van der Waals surface area (Å²) in [6, 6.07) is 7.22. The number of halogens is 1. The molecule has 184 valence electrons. The number of nitrogens with zero attached hydrogens (tertiary/aromatic N) is 4. The van der Waals surface area contributed by atoms with Gasteiger partial charge >= 0.3 is 0 Å². The van der Waals surface area contributed by atoms with Crippen LogP contribution in [0.5, 0.6) is 5.88 Å². The van der Waals surface area contributed by atoms with E-state index in [0.29, 0.717) is 24.2 Å². The molecule has 1 aliphatic heterocycles. The number of hydrogen-bond acceptors (Lipinski definition) is 6. The van der Waals surface area contributed by atoms with Gasteiger partial charge in [0, 0.05) is 31.3 Å². The Labute approximate surface area is 199 Å². The van der Waals surface area contributed by atoms with Gasteiger partial charge < -0.3 is 24.5 Å². The number of aliphatic hydroxyl groups excluding tert-OH is 1. The van der Waals surface area contributed by atoms with Crippen LogP contribution >= 0.6 is 0 Å². The second-order valence-electron chi connectivity index (χ2n) is 9.22. The largest absolute Gasteiger partial charge is 0.472 e. The van der Waals surface area contributed by atoms with Gasteiger partial charge in [0.15, 0.2) is 0 Å². The number of rotatable bonds is 7. The first-order chi connectivity index (χ1) is 16.1. The minimum Gasteiger partial charge on any atom is -0.472 e. The highest BCUT2D eigenvalue weighted by Gasteiger charge is 2.34. The smallest absolute Gasteiger partial charge is 0.259 e. The van der Waals surface area contributed by atoms with Crippen molar-refractivity contribution in [3.8, 4) is 17.0 Å². The molecule has 0 saturated heterocycles. The molecule has 0 radical (unpaired) electrons. The van der Waals surface area contributed by atoms with Crippen molar-refractivity contribution in [3.63, 3.8) is 0 Å². The lowest BCUT2D eigenvalue weighted by molar-refractivity contribution is -0.132. The van der Waals surface area contributed by atoms with Crippen LogP contribution in [-0.4, -0.2) is 96.1 Å². The number of aliphatic hydroxyl groups is 1. The fourth-order valence-electron chi connectivity index (χ4n) is 3.88. The zero-order valence-corrected chi connectivity index (χ0v) is 20.4. The molecule has 3 rings (SSSR count). The molecule has 1 aliphatic rings. The summed E-state index contributed by atoms with van der Waals surface area (Å²) < 4.78 is 19.6. The lowest BCUT2D eigenvalue weighted by Gasteiger charge is -2.37. The van der Waals surface area contributed by atoms with E-state index in [0.717, 1.165) is 0 Å². The molecule has 0 spiro atoms. The Morgan fingerprint density at radius 1 is 1.26 bits per heavy atom. The molecule has 1 aromatic heterocycles. The number of fused-ring (bicyclic) bond motifs is 1. The van der Waals surface area contributed by atoms with Crippen LogP contribution in [0.3, 0.4) is 0 Å². The number of carbonyl (C=O) groups is 2. The van der Waals surface area contributed by atoms with E-state index in [-0.39, 0.29) is 48.1 Å². The third-order valence-electron chi connectivity index (χ3n) is 6.03. The average molecular weight is 473 g/mol. The monoisotopic (exact) mass is 472 g/mol. The average Bonchev–Trinajstić information content (AvgIpc) is 2.80. The van der Waals surface area contributed by atoms with Crippen molar-refractivity contribution < 1.29 is 23.8 Å². The number of aromatic nitrogens is 1. The summed E-state index contributed by atoms with van der Waals surface area (Å²) in [5.74, 6) is -0.639. The minimum absolute atomic E-state index is 0.0423. The van der Waals surface area contributed by atoms with Crippen LogP contribution in [0, 0.1) is 11.7 Å². The molecule has 34 heavy (non-hydrogen) atoms. The van der Waals surface area contributed by atoms with Gasteiger partial charge in [0.25, 0.3) is 5.91 Å².